The first kappa shape index (κ1) is 10.8. The molecule has 0 saturated heterocycles. The summed E-state index contributed by atoms with van der Waals surface area (Å²) >= 11 is 3.31. The van der Waals surface area contributed by atoms with Crippen LogP contribution < -0.4 is 5.32 Å². The van der Waals surface area contributed by atoms with Gasteiger partial charge < -0.3 is 14.5 Å². The van der Waals surface area contributed by atoms with Gasteiger partial charge in [-0.25, -0.2) is 0 Å². The minimum Gasteiger partial charge on any atom is -0.496 e. The fourth-order valence-corrected chi connectivity index (χ4v) is 1.99. The Morgan fingerprint density at radius 1 is 1.53 bits per heavy atom. The zero-order valence-corrected chi connectivity index (χ0v) is 10.2. The highest BCUT2D eigenvalue weighted by Crippen LogP contribution is 2.29. The van der Waals surface area contributed by atoms with Crippen molar-refractivity contribution < 1.29 is 9.15 Å². The van der Waals surface area contributed by atoms with Crippen LogP contribution in [0, 0.1) is 0 Å². The lowest BCUT2D eigenvalue weighted by molar-refractivity contribution is 0.207. The lowest BCUT2D eigenvalue weighted by atomic mass is 10.2. The highest BCUT2D eigenvalue weighted by molar-refractivity contribution is 9.10. The number of nitrogens with one attached hydrogen (secondary N) is 1. The van der Waals surface area contributed by atoms with Crippen LogP contribution in [0.2, 0.25) is 0 Å². The SMILES string of the molecule is CCNC(C1=CCCO1)c1ccc(Br)o1. The molecule has 2 rings (SSSR count). The van der Waals surface area contributed by atoms with Gasteiger partial charge in [0.2, 0.25) is 0 Å². The molecule has 1 unspecified atom stereocenters. The van der Waals surface area contributed by atoms with Crippen molar-refractivity contribution in [3.63, 3.8) is 0 Å². The maximum Gasteiger partial charge on any atom is 0.169 e. The summed E-state index contributed by atoms with van der Waals surface area (Å²) in [6.45, 7) is 3.73. The molecule has 1 aliphatic heterocycles. The highest BCUT2D eigenvalue weighted by atomic mass is 79.9. The second-order valence-corrected chi connectivity index (χ2v) is 4.16. The first-order valence-electron chi connectivity index (χ1n) is 5.12. The van der Waals surface area contributed by atoms with Gasteiger partial charge in [0.05, 0.1) is 6.61 Å². The molecule has 3 nitrogen and oxygen atoms in total. The smallest absolute Gasteiger partial charge is 0.169 e. The predicted molar refractivity (Wildman–Crippen MR) is 61.5 cm³/mol. The molecule has 0 amide bonds. The molecule has 0 radical (unpaired) electrons. The number of likely N-dealkylation sites (N-methyl/N-ethyl adjacent to an activating group) is 1. The number of hydrogen-bond donors (Lipinski definition) is 1. The van der Waals surface area contributed by atoms with Crippen LogP contribution in [0.1, 0.15) is 25.1 Å². The molecule has 82 valence electrons. The molecule has 4 heteroatoms. The van der Waals surface area contributed by atoms with Crippen molar-refractivity contribution in [3.05, 3.63) is 34.4 Å². The monoisotopic (exact) mass is 271 g/mol. The molecule has 0 bridgehead atoms. The molecule has 2 heterocycles. The van der Waals surface area contributed by atoms with Crippen molar-refractivity contribution in [1.82, 2.24) is 5.32 Å². The van der Waals surface area contributed by atoms with Gasteiger partial charge in [0, 0.05) is 6.42 Å². The second-order valence-electron chi connectivity index (χ2n) is 3.38. The third-order valence-electron chi connectivity index (χ3n) is 2.30. The number of ether oxygens (including phenoxy) is 1. The Balaban J connectivity index is 2.18. The van der Waals surface area contributed by atoms with Crippen LogP contribution in [-0.2, 0) is 4.74 Å². The number of rotatable bonds is 4. The van der Waals surface area contributed by atoms with Crippen LogP contribution in [0.3, 0.4) is 0 Å². The molecule has 1 aromatic rings. The number of furan rings is 1. The molecule has 0 aliphatic carbocycles. The molecule has 0 spiro atoms. The van der Waals surface area contributed by atoms with Gasteiger partial charge >= 0.3 is 0 Å². The van der Waals surface area contributed by atoms with Gasteiger partial charge in [0.25, 0.3) is 0 Å². The Kier molecular flexibility index (Phi) is 3.49. The summed E-state index contributed by atoms with van der Waals surface area (Å²) in [7, 11) is 0. The van der Waals surface area contributed by atoms with Crippen LogP contribution in [-0.4, -0.2) is 13.2 Å². The van der Waals surface area contributed by atoms with Crippen molar-refractivity contribution in [3.8, 4) is 0 Å². The zero-order chi connectivity index (χ0) is 10.7. The average Bonchev–Trinajstić information content (AvgIpc) is 2.85. The molecule has 1 aromatic heterocycles. The Morgan fingerprint density at radius 2 is 2.40 bits per heavy atom. The molecule has 0 saturated carbocycles. The number of halogens is 1. The van der Waals surface area contributed by atoms with Gasteiger partial charge in [-0.3, -0.25) is 0 Å². The molecule has 15 heavy (non-hydrogen) atoms. The van der Waals surface area contributed by atoms with E-state index in [1.807, 2.05) is 12.1 Å². The van der Waals surface area contributed by atoms with E-state index >= 15 is 0 Å². The van der Waals surface area contributed by atoms with E-state index in [2.05, 4.69) is 34.2 Å². The van der Waals surface area contributed by atoms with Crippen LogP contribution in [0.5, 0.6) is 0 Å². The van der Waals surface area contributed by atoms with E-state index < -0.39 is 0 Å². The molecule has 1 aliphatic rings. The van der Waals surface area contributed by atoms with Crippen molar-refractivity contribution in [2.75, 3.05) is 13.2 Å². The minimum atomic E-state index is 0.0452. The van der Waals surface area contributed by atoms with Crippen LogP contribution in [0.4, 0.5) is 0 Å². The Morgan fingerprint density at radius 3 is 2.93 bits per heavy atom. The first-order valence-corrected chi connectivity index (χ1v) is 5.92. The van der Waals surface area contributed by atoms with E-state index in [0.717, 1.165) is 35.8 Å². The van der Waals surface area contributed by atoms with Crippen LogP contribution in [0.25, 0.3) is 0 Å². The van der Waals surface area contributed by atoms with Crippen LogP contribution >= 0.6 is 15.9 Å². The number of hydrogen-bond acceptors (Lipinski definition) is 3. The van der Waals surface area contributed by atoms with Crippen LogP contribution in [0.15, 0.2) is 33.1 Å². The summed E-state index contributed by atoms with van der Waals surface area (Å²) in [6, 6.07) is 3.90. The lowest BCUT2D eigenvalue weighted by Crippen LogP contribution is -2.22. The van der Waals surface area contributed by atoms with Crippen molar-refractivity contribution in [2.45, 2.75) is 19.4 Å². The summed E-state index contributed by atoms with van der Waals surface area (Å²) in [5.74, 6) is 1.86. The summed E-state index contributed by atoms with van der Waals surface area (Å²) < 4.78 is 11.8. The van der Waals surface area contributed by atoms with Gasteiger partial charge in [-0.15, -0.1) is 0 Å². The standard InChI is InChI=1S/C11H14BrNO2/c1-2-13-11(8-4-3-7-14-8)9-5-6-10(12)15-9/h4-6,11,13H,2-3,7H2,1H3. The van der Waals surface area contributed by atoms with Crippen molar-refractivity contribution >= 4 is 15.9 Å². The zero-order valence-electron chi connectivity index (χ0n) is 8.63. The van der Waals surface area contributed by atoms with Gasteiger partial charge in [-0.05, 0) is 40.7 Å². The minimum absolute atomic E-state index is 0.0452. The third-order valence-corrected chi connectivity index (χ3v) is 2.73. The normalized spacial score (nSPS) is 17.3. The van der Waals surface area contributed by atoms with E-state index in [9.17, 15) is 0 Å². The highest BCUT2D eigenvalue weighted by Gasteiger charge is 2.22. The maximum atomic E-state index is 5.55. The molecule has 1 atom stereocenters. The van der Waals surface area contributed by atoms with E-state index in [4.69, 9.17) is 9.15 Å². The summed E-state index contributed by atoms with van der Waals surface area (Å²) in [5, 5.41) is 3.35. The van der Waals surface area contributed by atoms with E-state index in [1.54, 1.807) is 0 Å². The first-order chi connectivity index (χ1) is 7.31. The van der Waals surface area contributed by atoms with Gasteiger partial charge in [-0.1, -0.05) is 6.92 Å². The van der Waals surface area contributed by atoms with E-state index in [-0.39, 0.29) is 6.04 Å². The van der Waals surface area contributed by atoms with E-state index in [1.165, 1.54) is 0 Å². The van der Waals surface area contributed by atoms with Crippen molar-refractivity contribution in [2.24, 2.45) is 0 Å². The Hall–Kier alpha value is -0.740. The Labute approximate surface area is 97.6 Å². The molecule has 0 aromatic carbocycles. The lowest BCUT2D eigenvalue weighted by Gasteiger charge is -2.16. The Bertz CT molecular complexity index is 359. The average molecular weight is 272 g/mol. The molecular weight excluding hydrogens is 258 g/mol. The largest absolute Gasteiger partial charge is 0.496 e. The quantitative estimate of drug-likeness (QED) is 0.914. The van der Waals surface area contributed by atoms with Gasteiger partial charge in [0.15, 0.2) is 4.67 Å². The van der Waals surface area contributed by atoms with Gasteiger partial charge in [-0.2, -0.15) is 0 Å². The molecule has 0 fully saturated rings. The molecule has 1 N–H and O–H groups in total. The molecular formula is C11H14BrNO2. The second kappa shape index (κ2) is 4.86. The fraction of sp³-hybridized carbons (Fsp3) is 0.455. The fourth-order valence-electron chi connectivity index (χ4n) is 1.67. The van der Waals surface area contributed by atoms with Crippen molar-refractivity contribution in [1.29, 1.82) is 0 Å². The maximum absolute atomic E-state index is 5.55. The topological polar surface area (TPSA) is 34.4 Å². The van der Waals surface area contributed by atoms with E-state index in [0.29, 0.717) is 0 Å². The third kappa shape index (κ3) is 2.44. The summed E-state index contributed by atoms with van der Waals surface area (Å²) in [5.41, 5.74) is 0. The van der Waals surface area contributed by atoms with Gasteiger partial charge in [0.1, 0.15) is 17.6 Å². The summed E-state index contributed by atoms with van der Waals surface area (Å²) in [6.07, 6.45) is 3.10. The predicted octanol–water partition coefficient (Wildman–Crippen LogP) is 3.00. The summed E-state index contributed by atoms with van der Waals surface area (Å²) in [4.78, 5) is 0.